The summed E-state index contributed by atoms with van der Waals surface area (Å²) in [6.07, 6.45) is -3.12. The van der Waals surface area contributed by atoms with E-state index < -0.39 is 27.0 Å². The van der Waals surface area contributed by atoms with Gasteiger partial charge in [0.2, 0.25) is 10.0 Å². The average molecular weight is 424 g/mol. The Bertz CT molecular complexity index is 741. The van der Waals surface area contributed by atoms with E-state index in [0.717, 1.165) is 38.1 Å². The highest BCUT2D eigenvalue weighted by Crippen LogP contribution is 2.32. The van der Waals surface area contributed by atoms with Gasteiger partial charge in [0.25, 0.3) is 0 Å². The van der Waals surface area contributed by atoms with Crippen molar-refractivity contribution in [3.05, 3.63) is 24.3 Å². The Morgan fingerprint density at radius 3 is 2.50 bits per heavy atom. The monoisotopic (exact) mass is 423 g/mol. The molecule has 1 aromatic carbocycles. The number of likely N-dealkylation sites (N-methyl/N-ethyl adjacent to an activating group) is 2. The lowest BCUT2D eigenvalue weighted by Gasteiger charge is -2.30. The number of halogens is 3. The van der Waals surface area contributed by atoms with Gasteiger partial charge in [-0.2, -0.15) is 4.31 Å². The number of nitrogens with zero attached hydrogens (tertiary/aromatic N) is 3. The minimum Gasteiger partial charge on any atom is -0.404 e. The van der Waals surface area contributed by atoms with Crippen molar-refractivity contribution in [3.63, 3.8) is 0 Å². The van der Waals surface area contributed by atoms with Crippen molar-refractivity contribution in [2.24, 2.45) is 0 Å². The van der Waals surface area contributed by atoms with Gasteiger partial charge in [0.05, 0.1) is 0 Å². The van der Waals surface area contributed by atoms with Crippen LogP contribution < -0.4 is 4.74 Å². The molecule has 0 spiro atoms. The van der Waals surface area contributed by atoms with Crippen molar-refractivity contribution in [1.29, 1.82) is 0 Å². The molecule has 0 aromatic heterocycles. The summed E-state index contributed by atoms with van der Waals surface area (Å²) in [6, 6.07) is 4.95. The van der Waals surface area contributed by atoms with Crippen LogP contribution in [-0.2, 0) is 10.0 Å². The van der Waals surface area contributed by atoms with E-state index in [1.165, 1.54) is 16.4 Å². The second-order valence-electron chi connectivity index (χ2n) is 7.09. The van der Waals surface area contributed by atoms with Gasteiger partial charge in [-0.15, -0.1) is 13.2 Å². The van der Waals surface area contributed by atoms with Gasteiger partial charge < -0.3 is 9.64 Å². The first-order valence-electron chi connectivity index (χ1n) is 9.28. The lowest BCUT2D eigenvalue weighted by molar-refractivity contribution is -0.275. The highest BCUT2D eigenvalue weighted by Gasteiger charge is 2.37. The van der Waals surface area contributed by atoms with E-state index in [1.807, 2.05) is 25.9 Å². The van der Waals surface area contributed by atoms with Crippen LogP contribution in [0.1, 0.15) is 19.8 Å². The van der Waals surface area contributed by atoms with Crippen LogP contribution >= 0.6 is 0 Å². The van der Waals surface area contributed by atoms with E-state index >= 15 is 0 Å². The van der Waals surface area contributed by atoms with Gasteiger partial charge >= 0.3 is 6.36 Å². The van der Waals surface area contributed by atoms with Crippen molar-refractivity contribution in [3.8, 4) is 5.75 Å². The first kappa shape index (κ1) is 22.9. The van der Waals surface area contributed by atoms with Gasteiger partial charge in [-0.3, -0.25) is 4.90 Å². The van der Waals surface area contributed by atoms with Crippen molar-refractivity contribution in [2.75, 3.05) is 46.8 Å². The lowest BCUT2D eigenvalue weighted by atomic mass is 10.2. The number of para-hydroxylation sites is 1. The molecule has 0 saturated carbocycles. The van der Waals surface area contributed by atoms with Crippen LogP contribution in [0.4, 0.5) is 13.2 Å². The van der Waals surface area contributed by atoms with E-state index in [9.17, 15) is 21.6 Å². The highest BCUT2D eigenvalue weighted by atomic mass is 32.2. The molecule has 1 atom stereocenters. The summed E-state index contributed by atoms with van der Waals surface area (Å²) in [5.41, 5.74) is 0. The molecule has 1 aliphatic rings. The topological polar surface area (TPSA) is 53.1 Å². The fourth-order valence-electron chi connectivity index (χ4n) is 3.39. The molecule has 0 aliphatic carbocycles. The molecule has 1 unspecified atom stereocenters. The number of likely N-dealkylation sites (tertiary alicyclic amines) is 1. The molecule has 1 saturated heterocycles. The largest absolute Gasteiger partial charge is 0.573 e. The third kappa shape index (κ3) is 6.07. The quantitative estimate of drug-likeness (QED) is 0.611. The number of rotatable bonds is 9. The molecule has 28 heavy (non-hydrogen) atoms. The van der Waals surface area contributed by atoms with Gasteiger partial charge in [0.15, 0.2) is 0 Å². The van der Waals surface area contributed by atoms with E-state index in [-0.39, 0.29) is 19.1 Å². The molecule has 6 nitrogen and oxygen atoms in total. The van der Waals surface area contributed by atoms with Gasteiger partial charge in [0.1, 0.15) is 10.6 Å². The number of ether oxygens (including phenoxy) is 1. The molecule has 10 heteroatoms. The predicted molar refractivity (Wildman–Crippen MR) is 101 cm³/mol. The van der Waals surface area contributed by atoms with E-state index in [1.54, 1.807) is 0 Å². The SMILES string of the molecule is CCN1CCCC1CN(CCN(C)C)S(=O)(=O)c1ccccc1OC(F)(F)F. The van der Waals surface area contributed by atoms with Crippen LogP contribution in [0, 0.1) is 0 Å². The van der Waals surface area contributed by atoms with Crippen molar-refractivity contribution in [2.45, 2.75) is 37.1 Å². The van der Waals surface area contributed by atoms with Crippen molar-refractivity contribution >= 4 is 10.0 Å². The van der Waals surface area contributed by atoms with Crippen LogP contribution in [-0.4, -0.2) is 81.7 Å². The summed E-state index contributed by atoms with van der Waals surface area (Å²) >= 11 is 0. The third-order valence-electron chi connectivity index (χ3n) is 4.81. The van der Waals surface area contributed by atoms with Crippen LogP contribution in [0.5, 0.6) is 5.75 Å². The number of alkyl halides is 3. The zero-order valence-corrected chi connectivity index (χ0v) is 17.3. The van der Waals surface area contributed by atoms with Gasteiger partial charge in [-0.1, -0.05) is 19.1 Å². The summed E-state index contributed by atoms with van der Waals surface area (Å²) in [5.74, 6) is -0.705. The summed E-state index contributed by atoms with van der Waals surface area (Å²) in [6.45, 7) is 4.61. The van der Waals surface area contributed by atoms with Crippen molar-refractivity contribution in [1.82, 2.24) is 14.1 Å². The molecule has 0 bridgehead atoms. The standard InChI is InChI=1S/C18H28F3N3O3S/c1-4-23-11-7-8-15(23)14-24(13-12-22(2)3)28(25,26)17-10-6-5-9-16(17)27-18(19,20)21/h5-6,9-10,15H,4,7-8,11-14H2,1-3H3. The van der Waals surface area contributed by atoms with Crippen LogP contribution in [0.3, 0.4) is 0 Å². The van der Waals surface area contributed by atoms with Crippen LogP contribution in [0.15, 0.2) is 29.2 Å². The Balaban J connectivity index is 2.35. The minimum atomic E-state index is -4.97. The molecule has 0 N–H and O–H groups in total. The normalized spacial score (nSPS) is 18.9. The van der Waals surface area contributed by atoms with E-state index in [0.29, 0.717) is 6.54 Å². The van der Waals surface area contributed by atoms with Crippen LogP contribution in [0.2, 0.25) is 0 Å². The summed E-state index contributed by atoms with van der Waals surface area (Å²) in [7, 11) is -0.526. The number of hydrogen-bond donors (Lipinski definition) is 0. The number of hydrogen-bond acceptors (Lipinski definition) is 5. The number of sulfonamides is 1. The maximum absolute atomic E-state index is 13.3. The fraction of sp³-hybridized carbons (Fsp3) is 0.667. The molecule has 1 aliphatic heterocycles. The summed E-state index contributed by atoms with van der Waals surface area (Å²) < 4.78 is 70.0. The number of benzene rings is 1. The molecule has 1 heterocycles. The first-order valence-corrected chi connectivity index (χ1v) is 10.7. The predicted octanol–water partition coefficient (Wildman–Crippen LogP) is 2.62. The lowest BCUT2D eigenvalue weighted by Crippen LogP contribution is -2.45. The smallest absolute Gasteiger partial charge is 0.404 e. The zero-order valence-electron chi connectivity index (χ0n) is 16.4. The Hall–Kier alpha value is -1.36. The Morgan fingerprint density at radius 1 is 1.21 bits per heavy atom. The fourth-order valence-corrected chi connectivity index (χ4v) is 4.97. The average Bonchev–Trinajstić information content (AvgIpc) is 3.04. The summed E-state index contributed by atoms with van der Waals surface area (Å²) in [4.78, 5) is 3.58. The molecule has 160 valence electrons. The van der Waals surface area contributed by atoms with Gasteiger partial charge in [-0.05, 0) is 52.2 Å². The molecule has 2 rings (SSSR count). The Labute approximate surface area is 164 Å². The summed E-state index contributed by atoms with van der Waals surface area (Å²) in [5, 5.41) is 0. The Kier molecular flexibility index (Phi) is 7.72. The molecular formula is C18H28F3N3O3S. The molecular weight excluding hydrogens is 395 g/mol. The van der Waals surface area contributed by atoms with Crippen molar-refractivity contribution < 1.29 is 26.3 Å². The molecule has 0 radical (unpaired) electrons. The second kappa shape index (κ2) is 9.43. The van der Waals surface area contributed by atoms with E-state index in [4.69, 9.17) is 0 Å². The molecule has 1 fully saturated rings. The van der Waals surface area contributed by atoms with Gasteiger partial charge in [-0.25, -0.2) is 8.42 Å². The maximum atomic E-state index is 13.3. The highest BCUT2D eigenvalue weighted by molar-refractivity contribution is 7.89. The Morgan fingerprint density at radius 2 is 1.89 bits per heavy atom. The van der Waals surface area contributed by atoms with Crippen LogP contribution in [0.25, 0.3) is 0 Å². The maximum Gasteiger partial charge on any atom is 0.573 e. The molecule has 1 aromatic rings. The van der Waals surface area contributed by atoms with Gasteiger partial charge in [0, 0.05) is 25.7 Å². The zero-order chi connectivity index (χ0) is 20.9. The van der Waals surface area contributed by atoms with E-state index in [2.05, 4.69) is 9.64 Å². The first-order chi connectivity index (χ1) is 13.0. The molecule has 0 amide bonds. The second-order valence-corrected chi connectivity index (χ2v) is 8.99. The minimum absolute atomic E-state index is 0.0534. The third-order valence-corrected chi connectivity index (χ3v) is 6.71.